The van der Waals surface area contributed by atoms with E-state index in [4.69, 9.17) is 17.3 Å². The molecule has 3 nitrogen and oxygen atoms in total. The van der Waals surface area contributed by atoms with Crippen LogP contribution in [0, 0.1) is 6.92 Å². The molecule has 0 spiro atoms. The number of hydrogen-bond donors (Lipinski definition) is 1. The summed E-state index contributed by atoms with van der Waals surface area (Å²) in [6.45, 7) is 2.00. The van der Waals surface area contributed by atoms with Gasteiger partial charge in [0.05, 0.1) is 5.69 Å². The van der Waals surface area contributed by atoms with Gasteiger partial charge in [-0.1, -0.05) is 11.6 Å². The summed E-state index contributed by atoms with van der Waals surface area (Å²) in [5.74, 6) is 0.459. The van der Waals surface area contributed by atoms with Crippen molar-refractivity contribution in [3.05, 3.63) is 38.3 Å². The standard InChI is InChI=1S/C15H20ClN3S/c1-9-12(15(16)19(2)18-9)8-13(17)10-4-3-5-14-11(10)6-7-20-14/h6-7,10,13H,3-5,8,17H2,1-2H3. The fraction of sp³-hybridized carbons (Fsp3) is 0.533. The molecule has 0 amide bonds. The van der Waals surface area contributed by atoms with Crippen LogP contribution in [-0.4, -0.2) is 15.8 Å². The van der Waals surface area contributed by atoms with E-state index in [1.807, 2.05) is 25.3 Å². The Hall–Kier alpha value is -0.840. The molecule has 2 heterocycles. The van der Waals surface area contributed by atoms with Crippen LogP contribution in [0.5, 0.6) is 0 Å². The lowest BCUT2D eigenvalue weighted by Crippen LogP contribution is -2.32. The van der Waals surface area contributed by atoms with Gasteiger partial charge in [-0.05, 0) is 49.6 Å². The molecule has 108 valence electrons. The average molecular weight is 310 g/mol. The van der Waals surface area contributed by atoms with E-state index in [0.29, 0.717) is 5.92 Å². The lowest BCUT2D eigenvalue weighted by Gasteiger charge is -2.28. The minimum Gasteiger partial charge on any atom is -0.327 e. The summed E-state index contributed by atoms with van der Waals surface area (Å²) in [5, 5.41) is 7.29. The van der Waals surface area contributed by atoms with E-state index in [1.165, 1.54) is 29.7 Å². The number of aryl methyl sites for hydroxylation is 3. The third kappa shape index (κ3) is 2.41. The number of rotatable bonds is 3. The van der Waals surface area contributed by atoms with Crippen molar-refractivity contribution >= 4 is 22.9 Å². The Kier molecular flexibility index (Phi) is 3.89. The van der Waals surface area contributed by atoms with Crippen LogP contribution >= 0.6 is 22.9 Å². The molecule has 0 aromatic carbocycles. The van der Waals surface area contributed by atoms with Crippen molar-refractivity contribution in [2.75, 3.05) is 0 Å². The maximum atomic E-state index is 6.51. The summed E-state index contributed by atoms with van der Waals surface area (Å²) in [6, 6.07) is 2.37. The van der Waals surface area contributed by atoms with Crippen LogP contribution < -0.4 is 5.73 Å². The first kappa shape index (κ1) is 14.1. The van der Waals surface area contributed by atoms with Crippen molar-refractivity contribution in [2.24, 2.45) is 12.8 Å². The number of aromatic nitrogens is 2. The topological polar surface area (TPSA) is 43.8 Å². The Labute approximate surface area is 128 Å². The Morgan fingerprint density at radius 2 is 2.40 bits per heavy atom. The Morgan fingerprint density at radius 1 is 1.60 bits per heavy atom. The average Bonchev–Trinajstić information content (AvgIpc) is 2.99. The third-order valence-electron chi connectivity index (χ3n) is 4.32. The van der Waals surface area contributed by atoms with Crippen LogP contribution in [0.4, 0.5) is 0 Å². The smallest absolute Gasteiger partial charge is 0.130 e. The van der Waals surface area contributed by atoms with Crippen molar-refractivity contribution in [1.82, 2.24) is 9.78 Å². The Morgan fingerprint density at radius 3 is 3.10 bits per heavy atom. The van der Waals surface area contributed by atoms with E-state index in [1.54, 1.807) is 4.68 Å². The molecule has 0 fully saturated rings. The summed E-state index contributed by atoms with van der Waals surface area (Å²) in [4.78, 5) is 1.52. The first-order valence-corrected chi connectivity index (χ1v) is 8.33. The van der Waals surface area contributed by atoms with Gasteiger partial charge in [-0.2, -0.15) is 5.10 Å². The van der Waals surface area contributed by atoms with Crippen LogP contribution in [0.15, 0.2) is 11.4 Å². The van der Waals surface area contributed by atoms with Gasteiger partial charge >= 0.3 is 0 Å². The molecule has 0 bridgehead atoms. The number of fused-ring (bicyclic) bond motifs is 1. The van der Waals surface area contributed by atoms with Crippen molar-refractivity contribution in [3.63, 3.8) is 0 Å². The van der Waals surface area contributed by atoms with Gasteiger partial charge in [-0.3, -0.25) is 4.68 Å². The maximum Gasteiger partial charge on any atom is 0.130 e. The van der Waals surface area contributed by atoms with Crippen LogP contribution in [0.1, 0.15) is 40.5 Å². The van der Waals surface area contributed by atoms with E-state index in [2.05, 4.69) is 16.5 Å². The number of thiophene rings is 1. The second-order valence-electron chi connectivity index (χ2n) is 5.64. The molecule has 2 atom stereocenters. The van der Waals surface area contributed by atoms with Crippen LogP contribution in [0.2, 0.25) is 5.15 Å². The number of halogens is 1. The second-order valence-corrected chi connectivity index (χ2v) is 7.00. The van der Waals surface area contributed by atoms with Gasteiger partial charge in [-0.25, -0.2) is 0 Å². The predicted octanol–water partition coefficient (Wildman–Crippen LogP) is 3.43. The molecule has 0 saturated carbocycles. The van der Waals surface area contributed by atoms with Crippen molar-refractivity contribution < 1.29 is 0 Å². The number of nitrogens with zero attached hydrogens (tertiary/aromatic N) is 2. The first-order chi connectivity index (χ1) is 9.58. The SMILES string of the molecule is Cc1nn(C)c(Cl)c1CC(N)C1CCCc2sccc21. The summed E-state index contributed by atoms with van der Waals surface area (Å²) in [6.07, 6.45) is 4.44. The fourth-order valence-electron chi connectivity index (χ4n) is 3.25. The quantitative estimate of drug-likeness (QED) is 0.944. The molecular weight excluding hydrogens is 290 g/mol. The van der Waals surface area contributed by atoms with Crippen LogP contribution in [0.3, 0.4) is 0 Å². The Bertz CT molecular complexity index is 617. The summed E-state index contributed by atoms with van der Waals surface area (Å²) >= 11 is 8.19. The van der Waals surface area contributed by atoms with Gasteiger partial charge in [0.2, 0.25) is 0 Å². The molecular formula is C15H20ClN3S. The third-order valence-corrected chi connectivity index (χ3v) is 5.79. The Balaban J connectivity index is 1.83. The van der Waals surface area contributed by atoms with E-state index in [9.17, 15) is 0 Å². The summed E-state index contributed by atoms with van der Waals surface area (Å²) in [7, 11) is 1.88. The lowest BCUT2D eigenvalue weighted by molar-refractivity contribution is 0.463. The molecule has 2 N–H and O–H groups in total. The molecule has 1 aliphatic rings. The largest absolute Gasteiger partial charge is 0.327 e. The summed E-state index contributed by atoms with van der Waals surface area (Å²) < 4.78 is 1.73. The fourth-order valence-corrected chi connectivity index (χ4v) is 4.50. The van der Waals surface area contributed by atoms with Gasteiger partial charge in [0.25, 0.3) is 0 Å². The minimum absolute atomic E-state index is 0.115. The maximum absolute atomic E-state index is 6.51. The molecule has 5 heteroatoms. The molecule has 2 aromatic heterocycles. The van der Waals surface area contributed by atoms with E-state index in [0.717, 1.165) is 22.8 Å². The van der Waals surface area contributed by atoms with Crippen LogP contribution in [0.25, 0.3) is 0 Å². The minimum atomic E-state index is 0.115. The van der Waals surface area contributed by atoms with Crippen molar-refractivity contribution in [3.8, 4) is 0 Å². The monoisotopic (exact) mass is 309 g/mol. The molecule has 0 radical (unpaired) electrons. The number of nitrogens with two attached hydrogens (primary N) is 1. The highest BCUT2D eigenvalue weighted by atomic mass is 35.5. The highest BCUT2D eigenvalue weighted by molar-refractivity contribution is 7.10. The van der Waals surface area contributed by atoms with Crippen LogP contribution in [-0.2, 0) is 19.9 Å². The summed E-state index contributed by atoms with van der Waals surface area (Å²) in [5.41, 5.74) is 10.1. The molecule has 1 aliphatic carbocycles. The molecule has 0 saturated heterocycles. The van der Waals surface area contributed by atoms with Gasteiger partial charge in [0.15, 0.2) is 0 Å². The molecule has 20 heavy (non-hydrogen) atoms. The van der Waals surface area contributed by atoms with E-state index >= 15 is 0 Å². The van der Waals surface area contributed by atoms with Crippen molar-refractivity contribution in [1.29, 1.82) is 0 Å². The zero-order valence-corrected chi connectivity index (χ0v) is 13.5. The van der Waals surface area contributed by atoms with E-state index in [-0.39, 0.29) is 6.04 Å². The normalized spacial score (nSPS) is 19.9. The molecule has 2 unspecified atom stereocenters. The lowest BCUT2D eigenvalue weighted by atomic mass is 9.81. The molecule has 0 aliphatic heterocycles. The highest BCUT2D eigenvalue weighted by Gasteiger charge is 2.28. The van der Waals surface area contributed by atoms with Gasteiger partial charge in [-0.15, -0.1) is 11.3 Å². The molecule has 3 rings (SSSR count). The highest BCUT2D eigenvalue weighted by Crippen LogP contribution is 2.37. The zero-order chi connectivity index (χ0) is 14.3. The van der Waals surface area contributed by atoms with Crippen molar-refractivity contribution in [2.45, 2.75) is 44.6 Å². The first-order valence-electron chi connectivity index (χ1n) is 7.07. The van der Waals surface area contributed by atoms with Gasteiger partial charge in [0.1, 0.15) is 5.15 Å². The second kappa shape index (κ2) is 5.51. The predicted molar refractivity (Wildman–Crippen MR) is 84.6 cm³/mol. The zero-order valence-electron chi connectivity index (χ0n) is 11.9. The molecule has 2 aromatic rings. The number of hydrogen-bond acceptors (Lipinski definition) is 3. The van der Waals surface area contributed by atoms with Gasteiger partial charge < -0.3 is 5.73 Å². The van der Waals surface area contributed by atoms with E-state index < -0.39 is 0 Å². The van der Waals surface area contributed by atoms with Gasteiger partial charge in [0, 0.05) is 29.4 Å².